The molecule has 0 radical (unpaired) electrons. The Morgan fingerprint density at radius 1 is 1.32 bits per heavy atom. The predicted octanol–water partition coefficient (Wildman–Crippen LogP) is -1.66. The zero-order chi connectivity index (χ0) is 19.1. The lowest BCUT2D eigenvalue weighted by Crippen LogP contribution is -2.63. The topological polar surface area (TPSA) is 146 Å². The van der Waals surface area contributed by atoms with Gasteiger partial charge in [0, 0.05) is 20.4 Å². The van der Waals surface area contributed by atoms with Crippen molar-refractivity contribution in [3.05, 3.63) is 11.8 Å². The molecule has 0 fully saturated rings. The Bertz CT molecular complexity index is 575. The van der Waals surface area contributed by atoms with Crippen LogP contribution in [-0.2, 0) is 33.4 Å². The van der Waals surface area contributed by atoms with Gasteiger partial charge in [0.05, 0.1) is 19.2 Å². The van der Waals surface area contributed by atoms with Crippen LogP contribution in [0.4, 0.5) is 0 Å². The number of nitrogens with two attached hydrogens (primary N) is 1. The van der Waals surface area contributed by atoms with Gasteiger partial charge in [0.1, 0.15) is 0 Å². The SMILES string of the molecule is CCNC(=O)[C@@H](OC(C)=O)[C@@H]1OC(C(=O)OC)=C[C@H](N)[C@H]1NC(C)=O. The number of nitrogens with one attached hydrogen (secondary N) is 2. The van der Waals surface area contributed by atoms with Crippen molar-refractivity contribution in [2.24, 2.45) is 5.73 Å². The molecule has 1 aliphatic heterocycles. The summed E-state index contributed by atoms with van der Waals surface area (Å²) in [5.41, 5.74) is 5.99. The molecule has 2 amide bonds. The van der Waals surface area contributed by atoms with Crippen LogP contribution in [0.15, 0.2) is 11.8 Å². The predicted molar refractivity (Wildman–Crippen MR) is 84.8 cm³/mol. The summed E-state index contributed by atoms with van der Waals surface area (Å²) in [6.45, 7) is 4.34. The van der Waals surface area contributed by atoms with Crippen LogP contribution in [0.5, 0.6) is 0 Å². The van der Waals surface area contributed by atoms with Crippen molar-refractivity contribution >= 4 is 23.8 Å². The Hall–Kier alpha value is -2.62. The Balaban J connectivity index is 3.25. The van der Waals surface area contributed by atoms with Crippen LogP contribution in [0.1, 0.15) is 20.8 Å². The van der Waals surface area contributed by atoms with Gasteiger partial charge in [0.15, 0.2) is 6.10 Å². The van der Waals surface area contributed by atoms with Gasteiger partial charge >= 0.3 is 11.9 Å². The van der Waals surface area contributed by atoms with Gasteiger partial charge in [-0.3, -0.25) is 14.4 Å². The number of methoxy groups -OCH3 is 1. The first-order valence-corrected chi connectivity index (χ1v) is 7.65. The summed E-state index contributed by atoms with van der Waals surface area (Å²) in [7, 11) is 1.15. The fourth-order valence-corrected chi connectivity index (χ4v) is 2.36. The fraction of sp³-hybridized carbons (Fsp3) is 0.600. The van der Waals surface area contributed by atoms with E-state index in [4.69, 9.17) is 15.2 Å². The summed E-state index contributed by atoms with van der Waals surface area (Å²) < 4.78 is 15.2. The van der Waals surface area contributed by atoms with Gasteiger partial charge in [-0.15, -0.1) is 0 Å². The van der Waals surface area contributed by atoms with Crippen molar-refractivity contribution in [3.63, 3.8) is 0 Å². The summed E-state index contributed by atoms with van der Waals surface area (Å²) in [5.74, 6) is -2.84. The maximum absolute atomic E-state index is 12.3. The molecule has 0 aromatic heterocycles. The molecular weight excluding hydrogens is 334 g/mol. The van der Waals surface area contributed by atoms with Crippen LogP contribution in [0.2, 0.25) is 0 Å². The molecule has 1 heterocycles. The smallest absolute Gasteiger partial charge is 0.373 e. The molecule has 4 atom stereocenters. The van der Waals surface area contributed by atoms with Crippen molar-refractivity contribution in [2.45, 2.75) is 45.1 Å². The van der Waals surface area contributed by atoms with Crippen LogP contribution in [0, 0.1) is 0 Å². The highest BCUT2D eigenvalue weighted by atomic mass is 16.6. The van der Waals surface area contributed by atoms with Gasteiger partial charge in [-0.05, 0) is 13.0 Å². The lowest BCUT2D eigenvalue weighted by Gasteiger charge is -2.38. The van der Waals surface area contributed by atoms with E-state index in [0.29, 0.717) is 0 Å². The summed E-state index contributed by atoms with van der Waals surface area (Å²) in [6, 6.07) is -1.78. The monoisotopic (exact) mass is 357 g/mol. The van der Waals surface area contributed by atoms with E-state index in [1.165, 1.54) is 13.0 Å². The van der Waals surface area contributed by atoms with Gasteiger partial charge in [0.25, 0.3) is 5.91 Å². The maximum atomic E-state index is 12.3. The number of carbonyl (C=O) groups excluding carboxylic acids is 4. The first-order chi connectivity index (χ1) is 11.7. The number of hydrogen-bond acceptors (Lipinski definition) is 8. The van der Waals surface area contributed by atoms with E-state index in [1.54, 1.807) is 6.92 Å². The minimum atomic E-state index is -1.42. The minimum Gasteiger partial charge on any atom is -0.477 e. The Labute approximate surface area is 145 Å². The van der Waals surface area contributed by atoms with E-state index < -0.39 is 48.0 Å². The molecule has 0 aromatic rings. The first-order valence-electron chi connectivity index (χ1n) is 7.65. The molecule has 10 heteroatoms. The van der Waals surface area contributed by atoms with Gasteiger partial charge in [-0.2, -0.15) is 0 Å². The Morgan fingerprint density at radius 3 is 2.44 bits per heavy atom. The Morgan fingerprint density at radius 2 is 1.96 bits per heavy atom. The largest absolute Gasteiger partial charge is 0.477 e. The second-order valence-corrected chi connectivity index (χ2v) is 5.33. The highest BCUT2D eigenvalue weighted by Crippen LogP contribution is 2.23. The quantitative estimate of drug-likeness (QED) is 0.479. The number of likely N-dealkylation sites (N-methyl/N-ethyl adjacent to an activating group) is 1. The van der Waals surface area contributed by atoms with E-state index >= 15 is 0 Å². The van der Waals surface area contributed by atoms with Crippen LogP contribution in [0.25, 0.3) is 0 Å². The highest BCUT2D eigenvalue weighted by Gasteiger charge is 2.45. The lowest BCUT2D eigenvalue weighted by molar-refractivity contribution is -0.166. The van der Waals surface area contributed by atoms with Crippen molar-refractivity contribution in [1.82, 2.24) is 10.6 Å². The molecule has 0 unspecified atom stereocenters. The average Bonchev–Trinajstić information content (AvgIpc) is 2.53. The Kier molecular flexibility index (Phi) is 7.37. The molecular formula is C15H23N3O7. The number of esters is 2. The average molecular weight is 357 g/mol. The van der Waals surface area contributed by atoms with E-state index in [0.717, 1.165) is 14.0 Å². The highest BCUT2D eigenvalue weighted by molar-refractivity contribution is 5.88. The number of hydrogen-bond donors (Lipinski definition) is 3. The standard InChI is InChI=1S/C15H23N3O7/c1-5-17-14(21)13(24-8(3)20)12-11(18-7(2)19)9(16)6-10(25-12)15(22)23-4/h6,9,11-13H,5,16H2,1-4H3,(H,17,21)(H,18,19)/t9-,11+,12+,13-/m0/s1. The number of amides is 2. The molecule has 25 heavy (non-hydrogen) atoms. The normalized spacial score (nSPS) is 23.4. The second kappa shape index (κ2) is 9.02. The van der Waals surface area contributed by atoms with E-state index in [2.05, 4.69) is 15.4 Å². The summed E-state index contributed by atoms with van der Waals surface area (Å²) in [5, 5.41) is 5.06. The molecule has 0 spiro atoms. The summed E-state index contributed by atoms with van der Waals surface area (Å²) in [6.07, 6.45) is -1.37. The molecule has 0 saturated heterocycles. The van der Waals surface area contributed by atoms with Gasteiger partial charge in [-0.1, -0.05) is 0 Å². The third kappa shape index (κ3) is 5.45. The van der Waals surface area contributed by atoms with Crippen molar-refractivity contribution in [3.8, 4) is 0 Å². The molecule has 10 nitrogen and oxygen atoms in total. The van der Waals surface area contributed by atoms with Crippen LogP contribution in [0.3, 0.4) is 0 Å². The van der Waals surface area contributed by atoms with Gasteiger partial charge in [-0.25, -0.2) is 4.79 Å². The molecule has 4 N–H and O–H groups in total. The van der Waals surface area contributed by atoms with Crippen molar-refractivity contribution in [2.75, 3.05) is 13.7 Å². The zero-order valence-electron chi connectivity index (χ0n) is 14.5. The lowest BCUT2D eigenvalue weighted by atomic mass is 9.94. The first kappa shape index (κ1) is 20.4. The second-order valence-electron chi connectivity index (χ2n) is 5.33. The van der Waals surface area contributed by atoms with Gasteiger partial charge < -0.3 is 30.6 Å². The van der Waals surface area contributed by atoms with Crippen LogP contribution in [-0.4, -0.2) is 61.7 Å². The fourth-order valence-electron chi connectivity index (χ4n) is 2.36. The van der Waals surface area contributed by atoms with Gasteiger partial charge in [0.2, 0.25) is 17.8 Å². The minimum absolute atomic E-state index is 0.233. The maximum Gasteiger partial charge on any atom is 0.373 e. The molecule has 1 aliphatic rings. The number of carbonyl (C=O) groups is 4. The summed E-state index contributed by atoms with van der Waals surface area (Å²) >= 11 is 0. The molecule has 0 bridgehead atoms. The van der Waals surface area contributed by atoms with E-state index in [-0.39, 0.29) is 12.3 Å². The molecule has 0 aromatic carbocycles. The van der Waals surface area contributed by atoms with Crippen LogP contribution >= 0.6 is 0 Å². The third-order valence-electron chi connectivity index (χ3n) is 3.33. The molecule has 1 rings (SSSR count). The molecule has 0 saturated carbocycles. The third-order valence-corrected chi connectivity index (χ3v) is 3.33. The molecule has 0 aliphatic carbocycles. The van der Waals surface area contributed by atoms with E-state index in [9.17, 15) is 19.2 Å². The van der Waals surface area contributed by atoms with Crippen molar-refractivity contribution in [1.29, 1.82) is 0 Å². The van der Waals surface area contributed by atoms with Crippen molar-refractivity contribution < 1.29 is 33.4 Å². The zero-order valence-corrected chi connectivity index (χ0v) is 14.5. The number of rotatable bonds is 6. The van der Waals surface area contributed by atoms with Crippen LogP contribution < -0.4 is 16.4 Å². The number of ether oxygens (including phenoxy) is 3. The van der Waals surface area contributed by atoms with E-state index in [1.807, 2.05) is 0 Å². The molecule has 140 valence electrons. The summed E-state index contributed by atoms with van der Waals surface area (Å²) in [4.78, 5) is 46.9.